The van der Waals surface area contributed by atoms with Gasteiger partial charge in [-0.05, 0) is 25.0 Å². The zero-order valence-corrected chi connectivity index (χ0v) is 13.5. The fourth-order valence-corrected chi connectivity index (χ4v) is 3.71. The third-order valence-electron chi connectivity index (χ3n) is 3.40. The predicted molar refractivity (Wildman–Crippen MR) is 84.3 cm³/mol. The Morgan fingerprint density at radius 1 is 0.850 bits per heavy atom. The summed E-state index contributed by atoms with van der Waals surface area (Å²) in [7, 11) is -3.33. The van der Waals surface area contributed by atoms with Crippen LogP contribution in [0.2, 0.25) is 0 Å². The zero-order valence-electron chi connectivity index (χ0n) is 12.7. The molecule has 0 N–H and O–H groups in total. The number of sulfonamides is 1. The zero-order chi connectivity index (χ0) is 14.8. The summed E-state index contributed by atoms with van der Waals surface area (Å²) in [5, 5.41) is 0. The molecule has 0 bridgehead atoms. The molecule has 0 aliphatic heterocycles. The highest BCUT2D eigenvalue weighted by Crippen LogP contribution is 2.17. The standard InChI is InChI=1S/C16H27NO2S/c1-3-5-10-14-17(15-11-6-4-2)20(18,19)16-12-8-7-9-13-16/h7-9,12-13H,3-6,10-11,14-15H2,1-2H3. The SMILES string of the molecule is CCCCCN(CCCCC)S(=O)(=O)c1ccccc1. The van der Waals surface area contributed by atoms with Crippen molar-refractivity contribution in [3.05, 3.63) is 30.3 Å². The van der Waals surface area contributed by atoms with Crippen molar-refractivity contribution < 1.29 is 8.42 Å². The van der Waals surface area contributed by atoms with E-state index >= 15 is 0 Å². The Kier molecular flexibility index (Phi) is 7.85. The second-order valence-electron chi connectivity index (χ2n) is 5.13. The average molecular weight is 297 g/mol. The van der Waals surface area contributed by atoms with Crippen LogP contribution in [0.5, 0.6) is 0 Å². The van der Waals surface area contributed by atoms with Crippen LogP contribution in [0, 0.1) is 0 Å². The molecule has 3 nitrogen and oxygen atoms in total. The summed E-state index contributed by atoms with van der Waals surface area (Å²) in [6.45, 7) is 5.53. The van der Waals surface area contributed by atoms with Gasteiger partial charge < -0.3 is 0 Å². The maximum absolute atomic E-state index is 12.6. The first-order chi connectivity index (χ1) is 9.62. The molecule has 0 radical (unpaired) electrons. The summed E-state index contributed by atoms with van der Waals surface area (Å²) < 4.78 is 27.0. The van der Waals surface area contributed by atoms with Crippen molar-refractivity contribution in [2.24, 2.45) is 0 Å². The fraction of sp³-hybridized carbons (Fsp3) is 0.625. The van der Waals surface area contributed by atoms with Gasteiger partial charge in [0.1, 0.15) is 0 Å². The number of hydrogen-bond acceptors (Lipinski definition) is 2. The first-order valence-electron chi connectivity index (χ1n) is 7.68. The molecule has 0 atom stereocenters. The highest BCUT2D eigenvalue weighted by molar-refractivity contribution is 7.89. The molecule has 0 spiro atoms. The lowest BCUT2D eigenvalue weighted by molar-refractivity contribution is 0.388. The fourth-order valence-electron chi connectivity index (χ4n) is 2.17. The van der Waals surface area contributed by atoms with Crippen molar-refractivity contribution in [3.63, 3.8) is 0 Å². The van der Waals surface area contributed by atoms with E-state index in [2.05, 4.69) is 13.8 Å². The van der Waals surface area contributed by atoms with Crippen LogP contribution in [-0.2, 0) is 10.0 Å². The van der Waals surface area contributed by atoms with Gasteiger partial charge in [0, 0.05) is 13.1 Å². The van der Waals surface area contributed by atoms with Gasteiger partial charge >= 0.3 is 0 Å². The molecule has 20 heavy (non-hydrogen) atoms. The minimum absolute atomic E-state index is 0.410. The van der Waals surface area contributed by atoms with Crippen LogP contribution in [0.4, 0.5) is 0 Å². The quantitative estimate of drug-likeness (QED) is 0.611. The first-order valence-corrected chi connectivity index (χ1v) is 9.12. The second-order valence-corrected chi connectivity index (χ2v) is 7.07. The Hall–Kier alpha value is -0.870. The van der Waals surface area contributed by atoms with E-state index in [-0.39, 0.29) is 0 Å². The molecule has 114 valence electrons. The molecule has 0 unspecified atom stereocenters. The van der Waals surface area contributed by atoms with Crippen LogP contribution in [0.3, 0.4) is 0 Å². The highest BCUT2D eigenvalue weighted by atomic mass is 32.2. The van der Waals surface area contributed by atoms with Crippen molar-refractivity contribution in [3.8, 4) is 0 Å². The lowest BCUT2D eigenvalue weighted by Crippen LogP contribution is -2.33. The first kappa shape index (κ1) is 17.2. The molecule has 0 fully saturated rings. The van der Waals surface area contributed by atoms with E-state index < -0.39 is 10.0 Å². The van der Waals surface area contributed by atoms with Crippen LogP contribution in [0.1, 0.15) is 52.4 Å². The largest absolute Gasteiger partial charge is 0.243 e. The Morgan fingerprint density at radius 2 is 1.35 bits per heavy atom. The van der Waals surface area contributed by atoms with Crippen LogP contribution < -0.4 is 0 Å². The van der Waals surface area contributed by atoms with Crippen molar-refractivity contribution in [1.82, 2.24) is 4.31 Å². The van der Waals surface area contributed by atoms with Gasteiger partial charge in [-0.15, -0.1) is 0 Å². The van der Waals surface area contributed by atoms with E-state index in [9.17, 15) is 8.42 Å². The van der Waals surface area contributed by atoms with Crippen LogP contribution >= 0.6 is 0 Å². The van der Waals surface area contributed by atoms with E-state index in [4.69, 9.17) is 0 Å². The maximum atomic E-state index is 12.6. The minimum atomic E-state index is -3.33. The monoisotopic (exact) mass is 297 g/mol. The molecule has 0 aliphatic rings. The number of nitrogens with zero attached hydrogens (tertiary/aromatic N) is 1. The van der Waals surface area contributed by atoms with Gasteiger partial charge in [0.2, 0.25) is 10.0 Å². The lowest BCUT2D eigenvalue weighted by Gasteiger charge is -2.22. The van der Waals surface area contributed by atoms with Gasteiger partial charge in [-0.1, -0.05) is 57.7 Å². The Bertz CT molecular complexity index is 447. The predicted octanol–water partition coefficient (Wildman–Crippen LogP) is 4.06. The van der Waals surface area contributed by atoms with Gasteiger partial charge in [0.15, 0.2) is 0 Å². The number of hydrogen-bond donors (Lipinski definition) is 0. The van der Waals surface area contributed by atoms with Gasteiger partial charge in [-0.25, -0.2) is 8.42 Å². The van der Waals surface area contributed by atoms with Crippen molar-refractivity contribution in [2.75, 3.05) is 13.1 Å². The number of unbranched alkanes of at least 4 members (excludes halogenated alkanes) is 4. The molecular formula is C16H27NO2S. The second kappa shape index (κ2) is 9.14. The van der Waals surface area contributed by atoms with E-state index in [1.54, 1.807) is 28.6 Å². The molecule has 0 aromatic heterocycles. The van der Waals surface area contributed by atoms with Crippen molar-refractivity contribution in [2.45, 2.75) is 57.3 Å². The maximum Gasteiger partial charge on any atom is 0.243 e. The topological polar surface area (TPSA) is 37.4 Å². The summed E-state index contributed by atoms with van der Waals surface area (Å²) >= 11 is 0. The van der Waals surface area contributed by atoms with E-state index in [0.29, 0.717) is 18.0 Å². The van der Waals surface area contributed by atoms with Crippen LogP contribution in [0.15, 0.2) is 35.2 Å². The third kappa shape index (κ3) is 5.25. The third-order valence-corrected chi connectivity index (χ3v) is 5.32. The average Bonchev–Trinajstić information content (AvgIpc) is 2.47. The molecule has 0 saturated heterocycles. The summed E-state index contributed by atoms with van der Waals surface area (Å²) in [5.74, 6) is 0. The number of rotatable bonds is 10. The molecule has 0 amide bonds. The molecule has 4 heteroatoms. The van der Waals surface area contributed by atoms with E-state index in [0.717, 1.165) is 38.5 Å². The van der Waals surface area contributed by atoms with E-state index in [1.807, 2.05) is 6.07 Å². The molecule has 0 saturated carbocycles. The van der Waals surface area contributed by atoms with Crippen molar-refractivity contribution in [1.29, 1.82) is 0 Å². The summed E-state index contributed by atoms with van der Waals surface area (Å²) in [5.41, 5.74) is 0. The normalized spacial score (nSPS) is 11.9. The molecule has 1 aromatic carbocycles. The molecule has 0 aliphatic carbocycles. The smallest absolute Gasteiger partial charge is 0.207 e. The summed E-state index contributed by atoms with van der Waals surface area (Å²) in [6, 6.07) is 8.77. The van der Waals surface area contributed by atoms with Crippen LogP contribution in [0.25, 0.3) is 0 Å². The lowest BCUT2D eigenvalue weighted by atomic mass is 10.2. The summed E-state index contributed by atoms with van der Waals surface area (Å²) in [6.07, 6.45) is 6.24. The van der Waals surface area contributed by atoms with Gasteiger partial charge in [0.25, 0.3) is 0 Å². The highest BCUT2D eigenvalue weighted by Gasteiger charge is 2.23. The summed E-state index contributed by atoms with van der Waals surface area (Å²) in [4.78, 5) is 0.410. The van der Waals surface area contributed by atoms with Gasteiger partial charge in [-0.2, -0.15) is 4.31 Å². The Labute approximate surface area is 124 Å². The van der Waals surface area contributed by atoms with Crippen LogP contribution in [-0.4, -0.2) is 25.8 Å². The molecular weight excluding hydrogens is 270 g/mol. The van der Waals surface area contributed by atoms with E-state index in [1.165, 1.54) is 0 Å². The van der Waals surface area contributed by atoms with Gasteiger partial charge in [-0.3, -0.25) is 0 Å². The Morgan fingerprint density at radius 3 is 1.80 bits per heavy atom. The minimum Gasteiger partial charge on any atom is -0.207 e. The van der Waals surface area contributed by atoms with Crippen molar-refractivity contribution >= 4 is 10.0 Å². The number of benzene rings is 1. The molecule has 1 aromatic rings. The van der Waals surface area contributed by atoms with Gasteiger partial charge in [0.05, 0.1) is 4.90 Å². The Balaban J connectivity index is 2.79. The molecule has 0 heterocycles. The molecule has 1 rings (SSSR count).